The molecule has 0 aliphatic carbocycles. The van der Waals surface area contributed by atoms with E-state index in [1.165, 1.54) is 0 Å². The first kappa shape index (κ1) is 20.0. The van der Waals surface area contributed by atoms with Crippen molar-refractivity contribution >= 4 is 16.6 Å². The van der Waals surface area contributed by atoms with Gasteiger partial charge in [0.05, 0.1) is 22.3 Å². The molecule has 0 atom stereocenters. The maximum atomic E-state index is 13.9. The topological polar surface area (TPSA) is 63.1 Å². The van der Waals surface area contributed by atoms with E-state index in [4.69, 9.17) is 0 Å². The molecule has 32 heavy (non-hydrogen) atoms. The highest BCUT2D eigenvalue weighted by molar-refractivity contribution is 5.85. The Hall–Kier alpha value is -3.94. The van der Waals surface area contributed by atoms with Crippen LogP contribution >= 0.6 is 0 Å². The normalized spacial score (nSPS) is 12.0. The molecule has 0 aliphatic rings. The van der Waals surface area contributed by atoms with Crippen LogP contribution in [0.2, 0.25) is 0 Å². The van der Waals surface area contributed by atoms with Crippen LogP contribution in [0, 0.1) is 13.8 Å². The van der Waals surface area contributed by atoms with E-state index in [9.17, 15) is 18.0 Å². The first-order chi connectivity index (χ1) is 15.2. The summed E-state index contributed by atoms with van der Waals surface area (Å²) in [6.45, 7) is 3.56. The van der Waals surface area contributed by atoms with E-state index in [0.29, 0.717) is 16.8 Å². The zero-order chi connectivity index (χ0) is 22.6. The van der Waals surface area contributed by atoms with Crippen LogP contribution in [-0.4, -0.2) is 19.6 Å². The van der Waals surface area contributed by atoms with Gasteiger partial charge >= 0.3 is 6.18 Å². The quantitative estimate of drug-likeness (QED) is 0.397. The Kier molecular flexibility index (Phi) is 4.40. The SMILES string of the molecule is Cc1ccc2ncc(-c3c(C)nc4c(-c5ccccc5)c(C(F)(F)F)[nH]n4c3=O)cc2c1. The molecule has 0 amide bonds. The monoisotopic (exact) mass is 434 g/mol. The summed E-state index contributed by atoms with van der Waals surface area (Å²) in [6.07, 6.45) is -3.15. The van der Waals surface area contributed by atoms with Gasteiger partial charge < -0.3 is 0 Å². The van der Waals surface area contributed by atoms with Gasteiger partial charge in [-0.25, -0.2) is 4.98 Å². The molecule has 5 rings (SSSR count). The summed E-state index contributed by atoms with van der Waals surface area (Å²) in [4.78, 5) is 22.2. The second-order valence-corrected chi connectivity index (χ2v) is 7.68. The van der Waals surface area contributed by atoms with Gasteiger partial charge in [0.1, 0.15) is 5.69 Å². The predicted molar refractivity (Wildman–Crippen MR) is 116 cm³/mol. The van der Waals surface area contributed by atoms with Gasteiger partial charge in [0, 0.05) is 17.1 Å². The molecular weight excluding hydrogens is 417 g/mol. The molecule has 0 radical (unpaired) electrons. The summed E-state index contributed by atoms with van der Waals surface area (Å²) in [6, 6.07) is 15.7. The molecule has 3 aromatic heterocycles. The summed E-state index contributed by atoms with van der Waals surface area (Å²) in [5, 5.41) is 3.08. The number of aromatic nitrogens is 4. The minimum Gasteiger partial charge on any atom is -0.284 e. The largest absolute Gasteiger partial charge is 0.433 e. The van der Waals surface area contributed by atoms with E-state index in [1.54, 1.807) is 49.5 Å². The number of benzene rings is 2. The molecule has 160 valence electrons. The van der Waals surface area contributed by atoms with E-state index in [1.807, 2.05) is 25.1 Å². The third-order valence-electron chi connectivity index (χ3n) is 5.43. The Morgan fingerprint density at radius 2 is 1.69 bits per heavy atom. The number of fused-ring (bicyclic) bond motifs is 2. The van der Waals surface area contributed by atoms with Gasteiger partial charge in [-0.1, -0.05) is 42.0 Å². The molecule has 0 fully saturated rings. The first-order valence-electron chi connectivity index (χ1n) is 9.89. The van der Waals surface area contributed by atoms with E-state index in [-0.39, 0.29) is 16.8 Å². The fraction of sp³-hybridized carbons (Fsp3) is 0.125. The molecule has 5 nitrogen and oxygen atoms in total. The molecule has 0 unspecified atom stereocenters. The summed E-state index contributed by atoms with van der Waals surface area (Å²) in [5.41, 5.74) is 1.28. The Bertz CT molecular complexity index is 1550. The second kappa shape index (κ2) is 7.05. The number of hydrogen-bond donors (Lipinski definition) is 1. The lowest BCUT2D eigenvalue weighted by molar-refractivity contribution is -0.140. The Labute approximate surface area is 180 Å². The zero-order valence-electron chi connectivity index (χ0n) is 17.2. The average molecular weight is 434 g/mol. The van der Waals surface area contributed by atoms with Gasteiger partial charge in [0.2, 0.25) is 0 Å². The van der Waals surface area contributed by atoms with Gasteiger partial charge in [-0.2, -0.15) is 17.7 Å². The molecular formula is C24H17F3N4O. The van der Waals surface area contributed by atoms with Crippen LogP contribution in [-0.2, 0) is 6.18 Å². The summed E-state index contributed by atoms with van der Waals surface area (Å²) in [7, 11) is 0. The molecule has 0 spiro atoms. The Balaban J connectivity index is 1.82. The van der Waals surface area contributed by atoms with Crippen molar-refractivity contribution in [1.82, 2.24) is 19.6 Å². The molecule has 5 aromatic rings. The number of alkyl halides is 3. The highest BCUT2D eigenvalue weighted by Gasteiger charge is 2.38. The smallest absolute Gasteiger partial charge is 0.284 e. The van der Waals surface area contributed by atoms with Gasteiger partial charge in [0.25, 0.3) is 5.56 Å². The van der Waals surface area contributed by atoms with Crippen molar-refractivity contribution in [2.75, 3.05) is 0 Å². The van der Waals surface area contributed by atoms with Gasteiger partial charge in [-0.15, -0.1) is 0 Å². The highest BCUT2D eigenvalue weighted by atomic mass is 19.4. The van der Waals surface area contributed by atoms with Crippen LogP contribution in [0.15, 0.2) is 65.6 Å². The first-order valence-corrected chi connectivity index (χ1v) is 9.89. The van der Waals surface area contributed by atoms with Crippen LogP contribution in [0.25, 0.3) is 38.8 Å². The maximum absolute atomic E-state index is 13.9. The third-order valence-corrected chi connectivity index (χ3v) is 5.43. The van der Waals surface area contributed by atoms with Crippen molar-refractivity contribution in [1.29, 1.82) is 0 Å². The standard InChI is InChI=1S/C24H17F3N4O/c1-13-8-9-18-16(10-13)11-17(12-28-18)19-14(2)29-22-20(15-6-4-3-5-7-15)21(24(25,26)27)30-31(22)23(19)32/h3-12,30H,1-2H3. The number of halogens is 3. The van der Waals surface area contributed by atoms with Crippen LogP contribution in [0.4, 0.5) is 13.2 Å². The van der Waals surface area contributed by atoms with Crippen LogP contribution in [0.1, 0.15) is 17.0 Å². The number of rotatable bonds is 2. The van der Waals surface area contributed by atoms with Crippen LogP contribution in [0.3, 0.4) is 0 Å². The number of pyridine rings is 1. The number of aryl methyl sites for hydroxylation is 2. The Morgan fingerprint density at radius 3 is 2.41 bits per heavy atom. The fourth-order valence-electron chi connectivity index (χ4n) is 3.98. The maximum Gasteiger partial charge on any atom is 0.433 e. The van der Waals surface area contributed by atoms with Crippen LogP contribution < -0.4 is 5.56 Å². The average Bonchev–Trinajstić information content (AvgIpc) is 3.14. The summed E-state index contributed by atoms with van der Waals surface area (Å²) in [5.74, 6) is 0. The second-order valence-electron chi connectivity index (χ2n) is 7.68. The molecule has 1 N–H and O–H groups in total. The van der Waals surface area contributed by atoms with Crippen molar-refractivity contribution < 1.29 is 13.2 Å². The number of nitrogens with one attached hydrogen (secondary N) is 1. The highest BCUT2D eigenvalue weighted by Crippen LogP contribution is 2.38. The lowest BCUT2D eigenvalue weighted by Crippen LogP contribution is -2.19. The van der Waals surface area contributed by atoms with E-state index in [0.717, 1.165) is 21.0 Å². The van der Waals surface area contributed by atoms with Gasteiger partial charge in [0.15, 0.2) is 5.65 Å². The molecule has 0 bridgehead atoms. The summed E-state index contributed by atoms with van der Waals surface area (Å²) >= 11 is 0. The molecule has 8 heteroatoms. The molecule has 0 saturated heterocycles. The van der Waals surface area contributed by atoms with Gasteiger partial charge in [-0.05, 0) is 37.6 Å². The molecule has 2 aromatic carbocycles. The zero-order valence-corrected chi connectivity index (χ0v) is 17.2. The molecule has 0 saturated carbocycles. The number of aromatic amines is 1. The summed E-state index contributed by atoms with van der Waals surface area (Å²) < 4.78 is 42.4. The lowest BCUT2D eigenvalue weighted by Gasteiger charge is -2.08. The van der Waals surface area contributed by atoms with Crippen LogP contribution in [0.5, 0.6) is 0 Å². The number of nitrogens with zero attached hydrogens (tertiary/aromatic N) is 3. The van der Waals surface area contributed by atoms with E-state index < -0.39 is 17.4 Å². The minimum atomic E-state index is -4.69. The van der Waals surface area contributed by atoms with E-state index >= 15 is 0 Å². The predicted octanol–water partition coefficient (Wildman–Crippen LogP) is 5.54. The third kappa shape index (κ3) is 3.15. The molecule has 3 heterocycles. The number of H-pyrrole nitrogens is 1. The number of hydrogen-bond acceptors (Lipinski definition) is 3. The van der Waals surface area contributed by atoms with Crippen molar-refractivity contribution in [3.8, 4) is 22.3 Å². The molecule has 0 aliphatic heterocycles. The van der Waals surface area contributed by atoms with E-state index in [2.05, 4.69) is 15.1 Å². The minimum absolute atomic E-state index is 0.0700. The van der Waals surface area contributed by atoms with Gasteiger partial charge in [-0.3, -0.25) is 14.9 Å². The Morgan fingerprint density at radius 1 is 0.938 bits per heavy atom. The van der Waals surface area contributed by atoms with Crippen molar-refractivity contribution in [2.45, 2.75) is 20.0 Å². The van der Waals surface area contributed by atoms with Crippen molar-refractivity contribution in [3.63, 3.8) is 0 Å². The van der Waals surface area contributed by atoms with Crippen molar-refractivity contribution in [2.24, 2.45) is 0 Å². The van der Waals surface area contributed by atoms with Crippen molar-refractivity contribution in [3.05, 3.63) is 88.1 Å². The fourth-order valence-corrected chi connectivity index (χ4v) is 3.98. The lowest BCUT2D eigenvalue weighted by atomic mass is 10.0.